The zero-order valence-electron chi connectivity index (χ0n) is 20.7. The lowest BCUT2D eigenvalue weighted by Crippen LogP contribution is -2.54. The summed E-state index contributed by atoms with van der Waals surface area (Å²) in [7, 11) is 0.975. The number of hydrogen-bond acceptors (Lipinski definition) is 12. The van der Waals surface area contributed by atoms with Gasteiger partial charge in [-0.25, -0.2) is 4.74 Å². The van der Waals surface area contributed by atoms with Gasteiger partial charge in [-0.15, -0.1) is 0 Å². The van der Waals surface area contributed by atoms with Crippen molar-refractivity contribution in [3.8, 4) is 0 Å². The number of aliphatic carboxylic acids is 1. The van der Waals surface area contributed by atoms with Gasteiger partial charge in [-0.3, -0.25) is 14.7 Å². The monoisotopic (exact) mass is 631 g/mol. The number of nitrogens with two attached hydrogens (primary N) is 1. The van der Waals surface area contributed by atoms with E-state index in [0.717, 1.165) is 7.11 Å². The second-order valence-corrected chi connectivity index (χ2v) is 8.95. The first-order chi connectivity index (χ1) is 18.4. The van der Waals surface area contributed by atoms with Crippen molar-refractivity contribution < 1.29 is 87.8 Å². The van der Waals surface area contributed by atoms with E-state index >= 15 is 0 Å². The molecule has 5 N–H and O–H groups in total. The normalized spacial score (nSPS) is 23.8. The number of carboxylic acids is 1. The summed E-state index contributed by atoms with van der Waals surface area (Å²) >= 11 is -1.42. The van der Waals surface area contributed by atoms with Crippen LogP contribution in [-0.2, 0) is 37.4 Å². The third kappa shape index (κ3) is 11.3. The first kappa shape index (κ1) is 36.9. The predicted octanol–water partition coefficient (Wildman–Crippen LogP) is 2.42. The van der Waals surface area contributed by atoms with E-state index in [-0.39, 0.29) is 6.42 Å². The summed E-state index contributed by atoms with van der Waals surface area (Å²) in [5, 5.41) is 20.5. The molecule has 0 aromatic carbocycles. The van der Waals surface area contributed by atoms with E-state index in [1.807, 2.05) is 0 Å². The van der Waals surface area contributed by atoms with E-state index in [1.165, 1.54) is 0 Å². The second kappa shape index (κ2) is 15.9. The van der Waals surface area contributed by atoms with Gasteiger partial charge >= 0.3 is 29.4 Å². The van der Waals surface area contributed by atoms with E-state index in [4.69, 9.17) is 40.0 Å². The van der Waals surface area contributed by atoms with Crippen molar-refractivity contribution in [3.63, 3.8) is 0 Å². The summed E-state index contributed by atoms with van der Waals surface area (Å²) in [5.74, 6) is -6.80. The molecule has 5 unspecified atom stereocenters. The Balaban J connectivity index is 2.95. The smallest absolute Gasteiger partial charge is 0.436 e. The van der Waals surface area contributed by atoms with E-state index in [2.05, 4.69) is 13.7 Å². The molecule has 0 radical (unpaired) electrons. The lowest BCUT2D eigenvalue weighted by molar-refractivity contribution is -0.456. The minimum Gasteiger partial charge on any atom is -0.481 e. The highest BCUT2D eigenvalue weighted by Gasteiger charge is 2.69. The lowest BCUT2D eigenvalue weighted by atomic mass is 10.0. The van der Waals surface area contributed by atoms with Gasteiger partial charge in [0.25, 0.3) is 0 Å². The molecular formula is C19H29F8NO11S. The van der Waals surface area contributed by atoms with Gasteiger partial charge in [0.1, 0.15) is 19.7 Å². The molecule has 238 valence electrons. The Morgan fingerprint density at radius 2 is 1.77 bits per heavy atom. The van der Waals surface area contributed by atoms with Crippen LogP contribution in [0, 0.1) is 0 Å². The van der Waals surface area contributed by atoms with Crippen molar-refractivity contribution >= 4 is 18.0 Å². The highest BCUT2D eigenvalue weighted by molar-refractivity contribution is 7.95. The average Bonchev–Trinajstić information content (AvgIpc) is 2.83. The van der Waals surface area contributed by atoms with Gasteiger partial charge in [0.05, 0.1) is 30.9 Å². The molecule has 0 aromatic rings. The van der Waals surface area contributed by atoms with E-state index < -0.39 is 118 Å². The number of hydrogen-bond donors (Lipinski definition) is 4. The number of aliphatic hydroxyl groups is 2. The summed E-state index contributed by atoms with van der Waals surface area (Å²) in [6.07, 6.45) is -24.1. The minimum atomic E-state index is -6.23. The van der Waals surface area contributed by atoms with Crippen molar-refractivity contribution in [2.45, 2.75) is 86.5 Å². The highest BCUT2D eigenvalue weighted by atomic mass is 32.2. The maximum absolute atomic E-state index is 14.3. The van der Waals surface area contributed by atoms with E-state index in [1.54, 1.807) is 0 Å². The van der Waals surface area contributed by atoms with Crippen LogP contribution in [-0.4, -0.2) is 103 Å². The first-order valence-electron chi connectivity index (χ1n) is 11.2. The number of rotatable bonds is 20. The van der Waals surface area contributed by atoms with Crippen LogP contribution in [0.2, 0.25) is 0 Å². The SMILES string of the molecule is COC1OC(COC(N)O)CC(OCOCO)C1OSC(F)(F)C(F)(F)OC(F)(F)C(F)(F)CCCCC(=O)O. The van der Waals surface area contributed by atoms with Crippen LogP contribution in [0.3, 0.4) is 0 Å². The Bertz CT molecular complexity index is 772. The molecule has 1 aliphatic heterocycles. The topological polar surface area (TPSA) is 168 Å². The van der Waals surface area contributed by atoms with E-state index in [0.29, 0.717) is 0 Å². The molecular weight excluding hydrogens is 602 g/mol. The fourth-order valence-corrected chi connectivity index (χ4v) is 3.65. The number of alkyl halides is 8. The van der Waals surface area contributed by atoms with Crippen molar-refractivity contribution in [1.29, 1.82) is 0 Å². The molecule has 0 saturated carbocycles. The molecule has 0 bridgehead atoms. The number of ether oxygens (including phenoxy) is 6. The maximum atomic E-state index is 14.3. The Morgan fingerprint density at radius 1 is 1.12 bits per heavy atom. The molecule has 1 fully saturated rings. The van der Waals surface area contributed by atoms with Gasteiger partial charge in [0.15, 0.2) is 6.29 Å². The zero-order chi connectivity index (χ0) is 30.8. The number of aliphatic hydroxyl groups excluding tert-OH is 2. The molecule has 1 rings (SSSR count). The van der Waals surface area contributed by atoms with Crippen molar-refractivity contribution in [2.24, 2.45) is 5.73 Å². The molecule has 5 atom stereocenters. The molecule has 40 heavy (non-hydrogen) atoms. The van der Waals surface area contributed by atoms with Gasteiger partial charge in [-0.05, 0) is 12.8 Å². The van der Waals surface area contributed by atoms with Crippen LogP contribution >= 0.6 is 12.0 Å². The average molecular weight is 631 g/mol. The third-order valence-electron chi connectivity index (χ3n) is 5.01. The van der Waals surface area contributed by atoms with Crippen LogP contribution < -0.4 is 5.73 Å². The number of carboxylic acid groups (broad SMARTS) is 1. The van der Waals surface area contributed by atoms with Crippen molar-refractivity contribution in [2.75, 3.05) is 27.3 Å². The highest BCUT2D eigenvalue weighted by Crippen LogP contribution is 2.51. The molecule has 21 heteroatoms. The van der Waals surface area contributed by atoms with Gasteiger partial charge in [-0.1, -0.05) is 0 Å². The summed E-state index contributed by atoms with van der Waals surface area (Å²) < 4.78 is 144. The molecule has 12 nitrogen and oxygen atoms in total. The van der Waals surface area contributed by atoms with Crippen LogP contribution in [0.5, 0.6) is 0 Å². The van der Waals surface area contributed by atoms with Gasteiger partial charge in [-0.2, -0.15) is 35.1 Å². The molecule has 1 aliphatic rings. The number of halogens is 8. The summed E-state index contributed by atoms with van der Waals surface area (Å²) in [5.41, 5.74) is 5.04. The Morgan fingerprint density at radius 3 is 2.33 bits per heavy atom. The number of unbranched alkanes of at least 4 members (excludes halogenated alkanes) is 1. The molecule has 0 spiro atoms. The predicted molar refractivity (Wildman–Crippen MR) is 114 cm³/mol. The minimum absolute atomic E-state index is 0.308. The Labute approximate surface area is 226 Å². The van der Waals surface area contributed by atoms with Crippen LogP contribution in [0.4, 0.5) is 35.1 Å². The van der Waals surface area contributed by atoms with Crippen molar-refractivity contribution in [3.05, 3.63) is 0 Å². The molecule has 1 heterocycles. The molecule has 0 aromatic heterocycles. The number of carbonyl (C=O) groups is 1. The van der Waals surface area contributed by atoms with E-state index in [9.17, 15) is 39.9 Å². The van der Waals surface area contributed by atoms with Crippen LogP contribution in [0.25, 0.3) is 0 Å². The lowest BCUT2D eigenvalue weighted by Gasteiger charge is -2.40. The van der Waals surface area contributed by atoms with Crippen molar-refractivity contribution in [1.82, 2.24) is 0 Å². The third-order valence-corrected chi connectivity index (χ3v) is 5.78. The maximum Gasteiger partial charge on any atom is 0.436 e. The fourth-order valence-electron chi connectivity index (χ4n) is 3.07. The molecule has 0 amide bonds. The van der Waals surface area contributed by atoms with Crippen LogP contribution in [0.15, 0.2) is 0 Å². The number of methoxy groups -OCH3 is 1. The fraction of sp³-hybridized carbons (Fsp3) is 0.947. The largest absolute Gasteiger partial charge is 0.481 e. The second-order valence-electron chi connectivity index (χ2n) is 8.08. The van der Waals surface area contributed by atoms with Gasteiger partial charge in [0.2, 0.25) is 6.41 Å². The summed E-state index contributed by atoms with van der Waals surface area (Å²) in [6, 6.07) is 0. The molecule has 0 aliphatic carbocycles. The zero-order valence-corrected chi connectivity index (χ0v) is 21.5. The van der Waals surface area contributed by atoms with Gasteiger partial charge < -0.3 is 39.0 Å². The Kier molecular flexibility index (Phi) is 14.7. The quantitative estimate of drug-likeness (QED) is 0.0670. The summed E-state index contributed by atoms with van der Waals surface area (Å²) in [6.45, 7) is -1.93. The first-order valence-corrected chi connectivity index (χ1v) is 11.9. The Hall–Kier alpha value is -1.14. The van der Waals surface area contributed by atoms with Crippen LogP contribution in [0.1, 0.15) is 32.1 Å². The van der Waals surface area contributed by atoms with Gasteiger partial charge in [0, 0.05) is 26.4 Å². The summed E-state index contributed by atoms with van der Waals surface area (Å²) in [4.78, 5) is 10.4. The standard InChI is InChI=1S/C19H29F8NO11S/c1-33-14-13(11(36-9-34-8-29)6-10(37-14)7-35-15(28)32)38-40-19(26,27)18(24,25)39-17(22,23)16(20,21)5-3-2-4-12(30)31/h10-11,13-15,29,32H,2-9,28H2,1H3,(H,30,31). The molecule has 1 saturated heterocycles.